The molecule has 86 valence electrons. The van der Waals surface area contributed by atoms with Crippen LogP contribution in [0.2, 0.25) is 0 Å². The molecule has 0 rings (SSSR count). The van der Waals surface area contributed by atoms with Gasteiger partial charge in [0.2, 0.25) is 0 Å². The van der Waals surface area contributed by atoms with Gasteiger partial charge in [0.25, 0.3) is 0 Å². The first kappa shape index (κ1) is 14.2. The molecule has 0 fully saturated rings. The lowest BCUT2D eigenvalue weighted by atomic mass is 10.1. The summed E-state index contributed by atoms with van der Waals surface area (Å²) < 4.78 is 0. The van der Waals surface area contributed by atoms with Crippen LogP contribution in [0.1, 0.15) is 27.7 Å². The van der Waals surface area contributed by atoms with Crippen LogP contribution >= 0.6 is 11.6 Å². The molecule has 2 nitrogen and oxygen atoms in total. The van der Waals surface area contributed by atoms with E-state index in [2.05, 4.69) is 44.5 Å². The van der Waals surface area contributed by atoms with Gasteiger partial charge in [0.05, 0.1) is 0 Å². The third-order valence-electron chi connectivity index (χ3n) is 3.01. The Hall–Kier alpha value is 0.210. The van der Waals surface area contributed by atoms with Crippen LogP contribution in [0.15, 0.2) is 0 Å². The van der Waals surface area contributed by atoms with Crippen LogP contribution in [0.25, 0.3) is 0 Å². The first-order valence-electron chi connectivity index (χ1n) is 5.47. The Morgan fingerprint density at radius 3 is 1.93 bits per heavy atom. The third kappa shape index (κ3) is 4.63. The summed E-state index contributed by atoms with van der Waals surface area (Å²) in [6, 6.07) is 0. The van der Waals surface area contributed by atoms with Crippen molar-refractivity contribution in [2.45, 2.75) is 33.2 Å². The molecule has 0 aromatic heterocycles. The molecule has 0 atom stereocenters. The second-order valence-electron chi connectivity index (χ2n) is 4.39. The Morgan fingerprint density at radius 1 is 1.07 bits per heavy atom. The van der Waals surface area contributed by atoms with E-state index in [1.165, 1.54) is 0 Å². The predicted octanol–water partition coefficient (Wildman–Crippen LogP) is 2.28. The monoisotopic (exact) mass is 220 g/mol. The van der Waals surface area contributed by atoms with Crippen molar-refractivity contribution in [3.05, 3.63) is 0 Å². The third-order valence-corrected chi connectivity index (χ3v) is 3.66. The van der Waals surface area contributed by atoms with E-state index in [1.807, 2.05) is 0 Å². The highest BCUT2D eigenvalue weighted by molar-refractivity contribution is 6.18. The fourth-order valence-electron chi connectivity index (χ4n) is 1.24. The molecule has 0 spiro atoms. The van der Waals surface area contributed by atoms with Gasteiger partial charge < -0.3 is 4.90 Å². The van der Waals surface area contributed by atoms with E-state index >= 15 is 0 Å². The molecule has 0 unspecified atom stereocenters. The lowest BCUT2D eigenvalue weighted by Crippen LogP contribution is -2.46. The van der Waals surface area contributed by atoms with Crippen LogP contribution in [0.3, 0.4) is 0 Å². The summed E-state index contributed by atoms with van der Waals surface area (Å²) in [7, 11) is 2.14. The van der Waals surface area contributed by atoms with E-state index in [4.69, 9.17) is 11.6 Å². The minimum atomic E-state index is 0.106. The van der Waals surface area contributed by atoms with Crippen molar-refractivity contribution in [2.24, 2.45) is 0 Å². The Labute approximate surface area is 94.2 Å². The van der Waals surface area contributed by atoms with E-state index in [0.29, 0.717) is 5.88 Å². The molecule has 0 aliphatic heterocycles. The van der Waals surface area contributed by atoms with Crippen molar-refractivity contribution in [3.63, 3.8) is 0 Å². The minimum absolute atomic E-state index is 0.106. The van der Waals surface area contributed by atoms with Gasteiger partial charge in [0.15, 0.2) is 0 Å². The van der Waals surface area contributed by atoms with Gasteiger partial charge in [-0.05, 0) is 34.0 Å². The molecule has 0 saturated heterocycles. The fraction of sp³-hybridized carbons (Fsp3) is 1.00. The average Bonchev–Trinajstić information content (AvgIpc) is 2.19. The Morgan fingerprint density at radius 2 is 1.57 bits per heavy atom. The van der Waals surface area contributed by atoms with E-state index in [0.717, 1.165) is 26.2 Å². The normalized spacial score (nSPS) is 12.9. The molecule has 0 radical (unpaired) electrons. The van der Waals surface area contributed by atoms with Crippen LogP contribution < -0.4 is 0 Å². The van der Waals surface area contributed by atoms with E-state index in [9.17, 15) is 0 Å². The molecule has 0 N–H and O–H groups in total. The molecule has 0 aliphatic rings. The van der Waals surface area contributed by atoms with Crippen LogP contribution in [-0.2, 0) is 0 Å². The molecule has 0 saturated carbocycles. The molecule has 0 heterocycles. The lowest BCUT2D eigenvalue weighted by molar-refractivity contribution is 0.152. The molecule has 0 aromatic rings. The number of hydrogen-bond acceptors (Lipinski definition) is 2. The van der Waals surface area contributed by atoms with Gasteiger partial charge in [0, 0.05) is 24.5 Å². The predicted molar refractivity (Wildman–Crippen MR) is 65.2 cm³/mol. The number of hydrogen-bond donors (Lipinski definition) is 0. The zero-order valence-electron chi connectivity index (χ0n) is 10.3. The SMILES string of the molecule is CCN(CC)CCN(C)C(C)(C)CCl. The fourth-order valence-corrected chi connectivity index (χ4v) is 1.44. The summed E-state index contributed by atoms with van der Waals surface area (Å²) in [6.07, 6.45) is 0. The number of alkyl halides is 1. The van der Waals surface area contributed by atoms with Crippen LogP contribution in [0.5, 0.6) is 0 Å². The van der Waals surface area contributed by atoms with Crippen LogP contribution in [0.4, 0.5) is 0 Å². The maximum absolute atomic E-state index is 5.92. The zero-order chi connectivity index (χ0) is 11.2. The number of likely N-dealkylation sites (N-methyl/N-ethyl adjacent to an activating group) is 2. The number of halogens is 1. The van der Waals surface area contributed by atoms with E-state index in [1.54, 1.807) is 0 Å². The van der Waals surface area contributed by atoms with Crippen LogP contribution in [-0.4, -0.2) is 54.4 Å². The number of rotatable bonds is 7. The smallest absolute Gasteiger partial charge is 0.0402 e. The van der Waals surface area contributed by atoms with E-state index < -0.39 is 0 Å². The number of nitrogens with zero attached hydrogens (tertiary/aromatic N) is 2. The van der Waals surface area contributed by atoms with Gasteiger partial charge in [-0.15, -0.1) is 11.6 Å². The molecule has 3 heteroatoms. The van der Waals surface area contributed by atoms with Gasteiger partial charge in [-0.1, -0.05) is 13.8 Å². The molecular weight excluding hydrogens is 196 g/mol. The summed E-state index contributed by atoms with van der Waals surface area (Å²) in [4.78, 5) is 4.76. The highest BCUT2D eigenvalue weighted by Crippen LogP contribution is 2.13. The standard InChI is InChI=1S/C11H25ClN2/c1-6-14(7-2)9-8-13(5)11(3,4)10-12/h6-10H2,1-5H3. The molecule has 0 bridgehead atoms. The maximum Gasteiger partial charge on any atom is 0.0402 e. The summed E-state index contributed by atoms with van der Waals surface area (Å²) in [5.41, 5.74) is 0.106. The summed E-state index contributed by atoms with van der Waals surface area (Å²) >= 11 is 5.92. The topological polar surface area (TPSA) is 6.48 Å². The quantitative estimate of drug-likeness (QED) is 0.608. The van der Waals surface area contributed by atoms with Crippen molar-refractivity contribution in [3.8, 4) is 0 Å². The maximum atomic E-state index is 5.92. The van der Waals surface area contributed by atoms with Gasteiger partial charge in [-0.3, -0.25) is 4.90 Å². The Kier molecular flexibility index (Phi) is 6.75. The molecule has 0 aromatic carbocycles. The Balaban J connectivity index is 3.88. The largest absolute Gasteiger partial charge is 0.303 e. The van der Waals surface area contributed by atoms with Crippen molar-refractivity contribution in [2.75, 3.05) is 39.1 Å². The lowest BCUT2D eigenvalue weighted by Gasteiger charge is -2.35. The van der Waals surface area contributed by atoms with Gasteiger partial charge in [-0.25, -0.2) is 0 Å². The first-order chi connectivity index (χ1) is 6.47. The molecule has 14 heavy (non-hydrogen) atoms. The van der Waals surface area contributed by atoms with Crippen molar-refractivity contribution in [1.82, 2.24) is 9.80 Å². The van der Waals surface area contributed by atoms with Crippen molar-refractivity contribution < 1.29 is 0 Å². The average molecular weight is 221 g/mol. The first-order valence-corrected chi connectivity index (χ1v) is 6.01. The highest BCUT2D eigenvalue weighted by atomic mass is 35.5. The Bertz CT molecular complexity index is 144. The molecular formula is C11H25ClN2. The van der Waals surface area contributed by atoms with Crippen molar-refractivity contribution in [1.29, 1.82) is 0 Å². The summed E-state index contributed by atoms with van der Waals surface area (Å²) in [6.45, 7) is 13.2. The van der Waals surface area contributed by atoms with Gasteiger partial charge in [0.1, 0.15) is 0 Å². The van der Waals surface area contributed by atoms with Crippen molar-refractivity contribution >= 4 is 11.6 Å². The molecule has 0 amide bonds. The summed E-state index contributed by atoms with van der Waals surface area (Å²) in [5, 5.41) is 0. The van der Waals surface area contributed by atoms with Crippen LogP contribution in [0, 0.1) is 0 Å². The second kappa shape index (κ2) is 6.65. The summed E-state index contributed by atoms with van der Waals surface area (Å²) in [5.74, 6) is 0.682. The highest BCUT2D eigenvalue weighted by Gasteiger charge is 2.21. The zero-order valence-corrected chi connectivity index (χ0v) is 11.1. The second-order valence-corrected chi connectivity index (χ2v) is 4.66. The minimum Gasteiger partial charge on any atom is -0.303 e. The molecule has 0 aliphatic carbocycles. The van der Waals surface area contributed by atoms with Gasteiger partial charge >= 0.3 is 0 Å². The van der Waals surface area contributed by atoms with Gasteiger partial charge in [-0.2, -0.15) is 0 Å². The van der Waals surface area contributed by atoms with E-state index in [-0.39, 0.29) is 5.54 Å².